The van der Waals surface area contributed by atoms with Crippen LogP contribution in [0.3, 0.4) is 0 Å². The van der Waals surface area contributed by atoms with Crippen LogP contribution < -0.4 is 0 Å². The number of hydrogen-bond acceptors (Lipinski definition) is 11. The molecule has 0 saturated carbocycles. The zero-order valence-electron chi connectivity index (χ0n) is 11.5. The molecular formula is C11H22O11. The summed E-state index contributed by atoms with van der Waals surface area (Å²) >= 11 is 0. The molecule has 22 heavy (non-hydrogen) atoms. The zero-order chi connectivity index (χ0) is 17.9. The normalized spacial score (nSPS) is 19.0. The monoisotopic (exact) mass is 330 g/mol. The van der Waals surface area contributed by atoms with Gasteiger partial charge in [0.25, 0.3) is 0 Å². The minimum atomic E-state index is -1.86. The van der Waals surface area contributed by atoms with Gasteiger partial charge in [-0.15, -0.1) is 0 Å². The van der Waals surface area contributed by atoms with Gasteiger partial charge in [-0.3, -0.25) is 4.79 Å². The smallest absolute Gasteiger partial charge is 0.189 e. The molecular weight excluding hydrogens is 308 g/mol. The van der Waals surface area contributed by atoms with Crippen LogP contribution in [-0.4, -0.2) is 114 Å². The molecule has 9 N–H and O–H groups in total. The molecule has 0 aliphatic heterocycles. The predicted molar refractivity (Wildman–Crippen MR) is 68.4 cm³/mol. The van der Waals surface area contributed by atoms with E-state index in [1.807, 2.05) is 0 Å². The average Bonchev–Trinajstić information content (AvgIpc) is 2.56. The van der Waals surface area contributed by atoms with Gasteiger partial charge < -0.3 is 50.8 Å². The summed E-state index contributed by atoms with van der Waals surface area (Å²) in [4.78, 5) is 20.3. The lowest BCUT2D eigenvalue weighted by molar-refractivity contribution is -0.142. The first-order valence-corrected chi connectivity index (χ1v) is 6.06. The van der Waals surface area contributed by atoms with Gasteiger partial charge >= 0.3 is 0 Å². The Bertz CT molecular complexity index is 310. The van der Waals surface area contributed by atoms with Crippen molar-refractivity contribution in [3.8, 4) is 0 Å². The fourth-order valence-electron chi connectivity index (χ4n) is 1.02. The lowest BCUT2D eigenvalue weighted by Gasteiger charge is -2.19. The van der Waals surface area contributed by atoms with E-state index in [2.05, 4.69) is 0 Å². The maximum Gasteiger partial charge on any atom is 0.189 e. The Morgan fingerprint density at radius 1 is 0.818 bits per heavy atom. The van der Waals surface area contributed by atoms with Crippen molar-refractivity contribution < 1.29 is 55.5 Å². The summed E-state index contributed by atoms with van der Waals surface area (Å²) in [6, 6.07) is 0. The van der Waals surface area contributed by atoms with Crippen molar-refractivity contribution >= 4 is 12.1 Å². The number of carbonyl (C=O) groups is 2. The number of aliphatic hydroxyl groups is 9. The van der Waals surface area contributed by atoms with Crippen LogP contribution in [0.4, 0.5) is 0 Å². The number of ketones is 1. The Morgan fingerprint density at radius 3 is 1.55 bits per heavy atom. The molecule has 0 aromatic carbocycles. The van der Waals surface area contributed by atoms with E-state index in [1.165, 1.54) is 0 Å². The lowest BCUT2D eigenvalue weighted by Crippen LogP contribution is -2.44. The van der Waals surface area contributed by atoms with Gasteiger partial charge in [0.15, 0.2) is 12.1 Å². The summed E-state index contributed by atoms with van der Waals surface area (Å²) in [6.07, 6.45) is -9.85. The molecule has 11 heteroatoms. The Hall–Kier alpha value is -1.02. The molecule has 0 rings (SSSR count). The second-order valence-corrected chi connectivity index (χ2v) is 4.18. The molecule has 0 bridgehead atoms. The second kappa shape index (κ2) is 12.5. The number of aliphatic hydroxyl groups excluding tert-OH is 9. The van der Waals surface area contributed by atoms with Gasteiger partial charge in [0.2, 0.25) is 0 Å². The van der Waals surface area contributed by atoms with Crippen LogP contribution in [0.25, 0.3) is 0 Å². The lowest BCUT2D eigenvalue weighted by atomic mass is 10.1. The first-order valence-electron chi connectivity index (χ1n) is 6.06. The van der Waals surface area contributed by atoms with Crippen LogP contribution >= 0.6 is 0 Å². The highest BCUT2D eigenvalue weighted by Gasteiger charge is 2.28. The van der Waals surface area contributed by atoms with Crippen LogP contribution in [-0.2, 0) is 9.59 Å². The van der Waals surface area contributed by atoms with Crippen LogP contribution in [0.15, 0.2) is 0 Å². The average molecular weight is 330 g/mol. The van der Waals surface area contributed by atoms with E-state index in [4.69, 9.17) is 46.0 Å². The minimum Gasteiger partial charge on any atom is -0.394 e. The zero-order valence-corrected chi connectivity index (χ0v) is 11.5. The quantitative estimate of drug-likeness (QED) is 0.181. The largest absolute Gasteiger partial charge is 0.394 e. The van der Waals surface area contributed by atoms with Crippen molar-refractivity contribution in [2.45, 2.75) is 36.6 Å². The highest BCUT2D eigenvalue weighted by atomic mass is 16.4. The van der Waals surface area contributed by atoms with E-state index in [9.17, 15) is 9.59 Å². The second-order valence-electron chi connectivity index (χ2n) is 4.18. The molecule has 0 heterocycles. The van der Waals surface area contributed by atoms with Crippen molar-refractivity contribution in [1.82, 2.24) is 0 Å². The number of rotatable bonds is 9. The molecule has 0 aromatic heterocycles. The predicted octanol–water partition coefficient (Wildman–Crippen LogP) is -6.12. The van der Waals surface area contributed by atoms with E-state index in [-0.39, 0.29) is 6.29 Å². The molecule has 0 unspecified atom stereocenters. The third-order valence-electron chi connectivity index (χ3n) is 2.46. The van der Waals surface area contributed by atoms with Crippen molar-refractivity contribution in [1.29, 1.82) is 0 Å². The molecule has 0 fully saturated rings. The van der Waals surface area contributed by atoms with Gasteiger partial charge in [-0.1, -0.05) is 0 Å². The van der Waals surface area contributed by atoms with E-state index in [0.717, 1.165) is 0 Å². The molecule has 0 aromatic rings. The fourth-order valence-corrected chi connectivity index (χ4v) is 1.02. The van der Waals surface area contributed by atoms with Crippen molar-refractivity contribution in [2.75, 3.05) is 19.8 Å². The number of hydrogen-bond donors (Lipinski definition) is 9. The van der Waals surface area contributed by atoms with Crippen molar-refractivity contribution in [3.63, 3.8) is 0 Å². The molecule has 0 spiro atoms. The molecule has 0 aliphatic carbocycles. The summed E-state index contributed by atoms with van der Waals surface area (Å²) in [5.74, 6) is -1.00. The standard InChI is InChI=1S/C6H12O6.C5H10O5/c7-1-3(9)5(11)6(12)4(10)2-8;6-1-3(8)5(10)4(9)2-7/h3,5-9,11-12H,1-2H2;1,3-5,7-10H,2H2/t3-,5-,6-;3-,4+,5+/m10/s1. The molecule has 132 valence electrons. The molecule has 0 saturated heterocycles. The van der Waals surface area contributed by atoms with Crippen LogP contribution in [0, 0.1) is 0 Å². The van der Waals surface area contributed by atoms with E-state index >= 15 is 0 Å². The first kappa shape index (κ1) is 23.2. The summed E-state index contributed by atoms with van der Waals surface area (Å²) in [5.41, 5.74) is 0. The molecule has 0 radical (unpaired) electrons. The van der Waals surface area contributed by atoms with Crippen LogP contribution in [0.5, 0.6) is 0 Å². The summed E-state index contributed by atoms with van der Waals surface area (Å²) in [5, 5.41) is 77.1. The highest BCUT2D eigenvalue weighted by Crippen LogP contribution is 2.00. The summed E-state index contributed by atoms with van der Waals surface area (Å²) in [7, 11) is 0. The summed E-state index contributed by atoms with van der Waals surface area (Å²) < 4.78 is 0. The maximum absolute atomic E-state index is 10.5. The van der Waals surface area contributed by atoms with Gasteiger partial charge in [-0.2, -0.15) is 0 Å². The van der Waals surface area contributed by atoms with Gasteiger partial charge in [0, 0.05) is 0 Å². The topological polar surface area (TPSA) is 216 Å². The van der Waals surface area contributed by atoms with Gasteiger partial charge in [0.05, 0.1) is 13.2 Å². The molecule has 0 aliphatic rings. The number of carbonyl (C=O) groups excluding carboxylic acids is 2. The Morgan fingerprint density at radius 2 is 1.23 bits per heavy atom. The Kier molecular flexibility index (Phi) is 13.2. The first-order chi connectivity index (χ1) is 10.2. The van der Waals surface area contributed by atoms with Crippen molar-refractivity contribution in [2.24, 2.45) is 0 Å². The fraction of sp³-hybridized carbons (Fsp3) is 0.818. The Labute approximate surface area is 125 Å². The number of Topliss-reactive ketones (excluding diaryl/α,β-unsaturated/α-hetero) is 1. The third kappa shape index (κ3) is 8.43. The minimum absolute atomic E-state index is 0.0869. The SMILES string of the molecule is O=C(CO)[C@@H](O)[C@H](O)[C@H](O)CO.O=C[C@H](O)[C@@H](O)[C@H](O)CO. The molecule has 0 amide bonds. The van der Waals surface area contributed by atoms with Gasteiger partial charge in [-0.25, -0.2) is 0 Å². The highest BCUT2D eigenvalue weighted by molar-refractivity contribution is 5.84. The van der Waals surface area contributed by atoms with Gasteiger partial charge in [0.1, 0.15) is 43.2 Å². The van der Waals surface area contributed by atoms with Crippen molar-refractivity contribution in [3.05, 3.63) is 0 Å². The molecule has 11 nitrogen and oxygen atoms in total. The third-order valence-corrected chi connectivity index (χ3v) is 2.46. The van der Waals surface area contributed by atoms with Crippen LogP contribution in [0.1, 0.15) is 0 Å². The van der Waals surface area contributed by atoms with Crippen LogP contribution in [0.2, 0.25) is 0 Å². The Balaban J connectivity index is 0. The van der Waals surface area contributed by atoms with E-state index in [0.29, 0.717) is 0 Å². The van der Waals surface area contributed by atoms with E-state index < -0.39 is 62.2 Å². The van der Waals surface area contributed by atoms with E-state index in [1.54, 1.807) is 0 Å². The number of aldehydes is 1. The van der Waals surface area contributed by atoms with Gasteiger partial charge in [-0.05, 0) is 0 Å². The summed E-state index contributed by atoms with van der Waals surface area (Å²) in [6.45, 7) is -2.38. The maximum atomic E-state index is 10.5. The molecule has 6 atom stereocenters.